The van der Waals surface area contributed by atoms with Crippen LogP contribution in [-0.2, 0) is 11.2 Å². The molecule has 0 spiro atoms. The van der Waals surface area contributed by atoms with Crippen molar-refractivity contribution in [2.75, 3.05) is 13.2 Å². The molecule has 0 aliphatic heterocycles. The standard InChI is InChI=1S/C15H24N2O3/c1-4-6-8-19-14-11-15(20-9-7-5-2)17-13(16-14)10-12(3)18/h11H,4-10H2,1-3H3. The van der Waals surface area contributed by atoms with Crippen molar-refractivity contribution in [3.05, 3.63) is 11.9 Å². The Morgan fingerprint density at radius 1 is 1.05 bits per heavy atom. The highest BCUT2D eigenvalue weighted by atomic mass is 16.5. The van der Waals surface area contributed by atoms with Gasteiger partial charge in [-0.2, -0.15) is 9.97 Å². The third-order valence-electron chi connectivity index (χ3n) is 2.63. The Labute approximate surface area is 120 Å². The Morgan fingerprint density at radius 2 is 1.55 bits per heavy atom. The molecule has 0 aliphatic carbocycles. The molecule has 0 atom stereocenters. The van der Waals surface area contributed by atoms with E-state index < -0.39 is 0 Å². The lowest BCUT2D eigenvalue weighted by Crippen LogP contribution is -2.08. The Balaban J connectivity index is 2.74. The molecule has 0 N–H and O–H groups in total. The first-order valence-electron chi connectivity index (χ1n) is 7.28. The van der Waals surface area contributed by atoms with Crippen molar-refractivity contribution < 1.29 is 14.3 Å². The molecular formula is C15H24N2O3. The Hall–Kier alpha value is -1.65. The lowest BCUT2D eigenvalue weighted by Gasteiger charge is -2.09. The minimum absolute atomic E-state index is 0.0233. The highest BCUT2D eigenvalue weighted by Crippen LogP contribution is 2.17. The van der Waals surface area contributed by atoms with Gasteiger partial charge in [0.2, 0.25) is 11.8 Å². The number of unbranched alkanes of at least 4 members (excludes halogenated alkanes) is 2. The quantitative estimate of drug-likeness (QED) is 0.617. The van der Waals surface area contributed by atoms with E-state index in [4.69, 9.17) is 9.47 Å². The average molecular weight is 280 g/mol. The highest BCUT2D eigenvalue weighted by molar-refractivity contribution is 5.77. The number of nitrogens with zero attached hydrogens (tertiary/aromatic N) is 2. The van der Waals surface area contributed by atoms with Gasteiger partial charge in [0.15, 0.2) is 0 Å². The van der Waals surface area contributed by atoms with Crippen molar-refractivity contribution >= 4 is 5.78 Å². The number of aromatic nitrogens is 2. The summed E-state index contributed by atoms with van der Waals surface area (Å²) >= 11 is 0. The maximum absolute atomic E-state index is 11.2. The van der Waals surface area contributed by atoms with Gasteiger partial charge in [-0.1, -0.05) is 26.7 Å². The molecule has 5 nitrogen and oxygen atoms in total. The molecule has 0 bridgehead atoms. The molecule has 0 aromatic carbocycles. The van der Waals surface area contributed by atoms with Crippen LogP contribution in [0.5, 0.6) is 11.8 Å². The van der Waals surface area contributed by atoms with Crippen molar-refractivity contribution in [1.29, 1.82) is 0 Å². The zero-order valence-corrected chi connectivity index (χ0v) is 12.6. The highest BCUT2D eigenvalue weighted by Gasteiger charge is 2.08. The summed E-state index contributed by atoms with van der Waals surface area (Å²) in [4.78, 5) is 19.7. The van der Waals surface area contributed by atoms with Crippen LogP contribution in [0.15, 0.2) is 6.07 Å². The Morgan fingerprint density at radius 3 is 1.95 bits per heavy atom. The lowest BCUT2D eigenvalue weighted by atomic mass is 10.3. The summed E-state index contributed by atoms with van der Waals surface area (Å²) in [6.07, 6.45) is 4.27. The smallest absolute Gasteiger partial charge is 0.220 e. The number of Topliss-reactive ketones (excluding diaryl/α,β-unsaturated/α-hetero) is 1. The van der Waals surface area contributed by atoms with Crippen molar-refractivity contribution in [3.63, 3.8) is 0 Å². The first-order valence-corrected chi connectivity index (χ1v) is 7.28. The summed E-state index contributed by atoms with van der Waals surface area (Å²) in [5.74, 6) is 1.45. The van der Waals surface area contributed by atoms with Crippen molar-refractivity contribution in [1.82, 2.24) is 9.97 Å². The lowest BCUT2D eigenvalue weighted by molar-refractivity contribution is -0.116. The molecule has 20 heavy (non-hydrogen) atoms. The molecule has 0 fully saturated rings. The van der Waals surface area contributed by atoms with Crippen LogP contribution in [0.4, 0.5) is 0 Å². The molecule has 0 radical (unpaired) electrons. The van der Waals surface area contributed by atoms with Crippen molar-refractivity contribution in [2.45, 2.75) is 52.9 Å². The van der Waals surface area contributed by atoms with E-state index in [0.29, 0.717) is 30.8 Å². The number of rotatable bonds is 10. The maximum Gasteiger partial charge on any atom is 0.220 e. The molecule has 0 saturated heterocycles. The fourth-order valence-corrected chi connectivity index (χ4v) is 1.54. The van der Waals surface area contributed by atoms with E-state index in [-0.39, 0.29) is 12.2 Å². The predicted octanol–water partition coefficient (Wildman–Crippen LogP) is 2.97. The van der Waals surface area contributed by atoms with E-state index in [9.17, 15) is 4.79 Å². The number of hydrogen-bond donors (Lipinski definition) is 0. The molecular weight excluding hydrogens is 256 g/mol. The van der Waals surface area contributed by atoms with Gasteiger partial charge >= 0.3 is 0 Å². The molecule has 1 rings (SSSR count). The minimum atomic E-state index is 0.0233. The SMILES string of the molecule is CCCCOc1cc(OCCCC)nc(CC(C)=O)n1. The minimum Gasteiger partial charge on any atom is -0.477 e. The van der Waals surface area contributed by atoms with Gasteiger partial charge in [0.1, 0.15) is 11.6 Å². The molecule has 112 valence electrons. The number of ketones is 1. The first-order chi connectivity index (χ1) is 9.65. The summed E-state index contributed by atoms with van der Waals surface area (Å²) in [5, 5.41) is 0. The van der Waals surface area contributed by atoms with Crippen LogP contribution >= 0.6 is 0 Å². The summed E-state index contributed by atoms with van der Waals surface area (Å²) in [5.41, 5.74) is 0. The van der Waals surface area contributed by atoms with E-state index in [1.807, 2.05) is 0 Å². The van der Waals surface area contributed by atoms with E-state index in [1.54, 1.807) is 6.07 Å². The Bertz CT molecular complexity index is 393. The average Bonchev–Trinajstić information content (AvgIpc) is 2.38. The van der Waals surface area contributed by atoms with Crippen LogP contribution in [0.2, 0.25) is 0 Å². The van der Waals surface area contributed by atoms with Gasteiger partial charge in [0.25, 0.3) is 0 Å². The molecule has 1 aromatic heterocycles. The fourth-order valence-electron chi connectivity index (χ4n) is 1.54. The number of carbonyl (C=O) groups excluding carboxylic acids is 1. The molecule has 0 saturated carbocycles. The largest absolute Gasteiger partial charge is 0.477 e. The molecule has 5 heteroatoms. The summed E-state index contributed by atoms with van der Waals surface area (Å²) in [7, 11) is 0. The number of ether oxygens (including phenoxy) is 2. The second-order valence-electron chi connectivity index (χ2n) is 4.74. The number of carbonyl (C=O) groups is 1. The monoisotopic (exact) mass is 280 g/mol. The van der Waals surface area contributed by atoms with Crippen LogP contribution < -0.4 is 9.47 Å². The molecule has 0 unspecified atom stereocenters. The molecule has 1 heterocycles. The van der Waals surface area contributed by atoms with E-state index in [0.717, 1.165) is 25.7 Å². The summed E-state index contributed by atoms with van der Waals surface area (Å²) in [6, 6.07) is 1.69. The van der Waals surface area contributed by atoms with E-state index in [2.05, 4.69) is 23.8 Å². The van der Waals surface area contributed by atoms with Crippen LogP contribution in [-0.4, -0.2) is 29.0 Å². The van der Waals surface area contributed by atoms with Gasteiger partial charge in [-0.05, 0) is 19.8 Å². The van der Waals surface area contributed by atoms with Gasteiger partial charge in [0, 0.05) is 0 Å². The summed E-state index contributed by atoms with van der Waals surface area (Å²) in [6.45, 7) is 6.95. The predicted molar refractivity (Wildman–Crippen MR) is 77.2 cm³/mol. The second kappa shape index (κ2) is 9.28. The van der Waals surface area contributed by atoms with E-state index in [1.165, 1.54) is 6.92 Å². The van der Waals surface area contributed by atoms with Crippen LogP contribution in [0, 0.1) is 0 Å². The molecule has 1 aromatic rings. The van der Waals surface area contributed by atoms with Crippen LogP contribution in [0.25, 0.3) is 0 Å². The zero-order valence-electron chi connectivity index (χ0n) is 12.6. The van der Waals surface area contributed by atoms with Crippen molar-refractivity contribution in [3.8, 4) is 11.8 Å². The van der Waals surface area contributed by atoms with Gasteiger partial charge in [-0.3, -0.25) is 4.79 Å². The third-order valence-corrected chi connectivity index (χ3v) is 2.63. The maximum atomic E-state index is 11.2. The van der Waals surface area contributed by atoms with Gasteiger partial charge in [-0.25, -0.2) is 0 Å². The summed E-state index contributed by atoms with van der Waals surface area (Å²) < 4.78 is 11.1. The van der Waals surface area contributed by atoms with Crippen molar-refractivity contribution in [2.24, 2.45) is 0 Å². The third kappa shape index (κ3) is 6.50. The molecule has 0 amide bonds. The van der Waals surface area contributed by atoms with E-state index >= 15 is 0 Å². The first kappa shape index (κ1) is 16.4. The van der Waals surface area contributed by atoms with Gasteiger partial charge in [-0.15, -0.1) is 0 Å². The normalized spacial score (nSPS) is 10.3. The van der Waals surface area contributed by atoms with Crippen LogP contribution in [0.1, 0.15) is 52.3 Å². The topological polar surface area (TPSA) is 61.3 Å². The second-order valence-corrected chi connectivity index (χ2v) is 4.74. The number of hydrogen-bond acceptors (Lipinski definition) is 5. The van der Waals surface area contributed by atoms with Crippen LogP contribution in [0.3, 0.4) is 0 Å². The van der Waals surface area contributed by atoms with Gasteiger partial charge in [0.05, 0.1) is 25.7 Å². The molecule has 0 aliphatic rings. The fraction of sp³-hybridized carbons (Fsp3) is 0.667. The Kier molecular flexibility index (Phi) is 7.62. The van der Waals surface area contributed by atoms with Gasteiger partial charge < -0.3 is 9.47 Å². The zero-order chi connectivity index (χ0) is 14.8.